The fourth-order valence-electron chi connectivity index (χ4n) is 3.25. The lowest BCUT2D eigenvalue weighted by molar-refractivity contribution is -0.124. The van der Waals surface area contributed by atoms with E-state index < -0.39 is 0 Å². The Morgan fingerprint density at radius 1 is 1.35 bits per heavy atom. The van der Waals surface area contributed by atoms with Gasteiger partial charge in [-0.3, -0.25) is 9.69 Å². The molecule has 0 spiro atoms. The van der Waals surface area contributed by atoms with Gasteiger partial charge in [0.15, 0.2) is 6.61 Å². The fourth-order valence-corrected chi connectivity index (χ4v) is 3.25. The van der Waals surface area contributed by atoms with Gasteiger partial charge in [-0.15, -0.1) is 0 Å². The Kier molecular flexibility index (Phi) is 8.39. The molecule has 0 bridgehead atoms. The van der Waals surface area contributed by atoms with Gasteiger partial charge < -0.3 is 14.8 Å². The van der Waals surface area contributed by atoms with Crippen LogP contribution in [0.4, 0.5) is 0 Å². The summed E-state index contributed by atoms with van der Waals surface area (Å²) < 4.78 is 11.5. The summed E-state index contributed by atoms with van der Waals surface area (Å²) in [6, 6.07) is 7.96. The molecular weight excluding hydrogens is 328 g/mol. The van der Waals surface area contributed by atoms with Gasteiger partial charge >= 0.3 is 0 Å². The predicted molar refractivity (Wildman–Crippen MR) is 105 cm³/mol. The van der Waals surface area contributed by atoms with Crippen LogP contribution in [-0.2, 0) is 9.53 Å². The smallest absolute Gasteiger partial charge is 0.258 e. The number of carbonyl (C=O) groups excluding carboxylic acids is 1. The number of nitrogens with zero attached hydrogens (tertiary/aromatic N) is 1. The lowest BCUT2D eigenvalue weighted by atomic mass is 9.98. The number of para-hydroxylation sites is 1. The molecule has 146 valence electrons. The monoisotopic (exact) mass is 362 g/mol. The van der Waals surface area contributed by atoms with Crippen LogP contribution in [0.5, 0.6) is 5.75 Å². The maximum Gasteiger partial charge on any atom is 0.258 e. The molecule has 1 aliphatic heterocycles. The maximum absolute atomic E-state index is 12.2. The first kappa shape index (κ1) is 20.7. The van der Waals surface area contributed by atoms with Crippen LogP contribution in [0.15, 0.2) is 24.3 Å². The van der Waals surface area contributed by atoms with E-state index >= 15 is 0 Å². The van der Waals surface area contributed by atoms with Gasteiger partial charge in [0.25, 0.3) is 5.91 Å². The van der Waals surface area contributed by atoms with Crippen LogP contribution >= 0.6 is 0 Å². The molecule has 1 fully saturated rings. The van der Waals surface area contributed by atoms with Crippen molar-refractivity contribution in [2.75, 3.05) is 39.4 Å². The molecule has 5 heteroatoms. The molecule has 1 saturated heterocycles. The van der Waals surface area contributed by atoms with Crippen molar-refractivity contribution in [3.05, 3.63) is 29.8 Å². The van der Waals surface area contributed by atoms with Gasteiger partial charge in [-0.05, 0) is 29.9 Å². The standard InChI is InChI=1S/C21H34N2O3/c1-5-17(4)19-8-6-7-9-20(19)26-15-21(24)22-12-18-14-23(10-11-25-18)13-16(2)3/h6-9,16-18H,5,10-15H2,1-4H3,(H,22,24). The van der Waals surface area contributed by atoms with Gasteiger partial charge in [0.1, 0.15) is 5.75 Å². The number of amides is 1. The van der Waals surface area contributed by atoms with Crippen molar-refractivity contribution in [2.24, 2.45) is 5.92 Å². The van der Waals surface area contributed by atoms with Crippen molar-refractivity contribution in [3.63, 3.8) is 0 Å². The quantitative estimate of drug-likeness (QED) is 0.734. The van der Waals surface area contributed by atoms with Gasteiger partial charge in [0, 0.05) is 26.2 Å². The van der Waals surface area contributed by atoms with Crippen molar-refractivity contribution >= 4 is 5.91 Å². The lowest BCUT2D eigenvalue weighted by Crippen LogP contribution is -2.48. The van der Waals surface area contributed by atoms with Crippen LogP contribution < -0.4 is 10.1 Å². The topological polar surface area (TPSA) is 50.8 Å². The van der Waals surface area contributed by atoms with Crippen LogP contribution in [-0.4, -0.2) is 56.3 Å². The first-order valence-corrected chi connectivity index (χ1v) is 9.82. The van der Waals surface area contributed by atoms with Crippen LogP contribution in [0.3, 0.4) is 0 Å². The molecule has 0 aliphatic carbocycles. The highest BCUT2D eigenvalue weighted by atomic mass is 16.5. The van der Waals surface area contributed by atoms with Crippen LogP contribution in [0.1, 0.15) is 45.6 Å². The Morgan fingerprint density at radius 3 is 2.85 bits per heavy atom. The van der Waals surface area contributed by atoms with Crippen molar-refractivity contribution in [1.29, 1.82) is 0 Å². The molecule has 0 saturated carbocycles. The minimum absolute atomic E-state index is 0.0376. The minimum atomic E-state index is -0.103. The molecule has 26 heavy (non-hydrogen) atoms. The zero-order valence-corrected chi connectivity index (χ0v) is 16.7. The van der Waals surface area contributed by atoms with Crippen molar-refractivity contribution in [3.8, 4) is 5.75 Å². The van der Waals surface area contributed by atoms with Crippen molar-refractivity contribution in [1.82, 2.24) is 10.2 Å². The average Bonchev–Trinajstić information content (AvgIpc) is 2.64. The Morgan fingerprint density at radius 2 is 2.12 bits per heavy atom. The number of rotatable bonds is 9. The fraction of sp³-hybridized carbons (Fsp3) is 0.667. The van der Waals surface area contributed by atoms with Crippen LogP contribution in [0, 0.1) is 5.92 Å². The van der Waals surface area contributed by atoms with Crippen LogP contribution in [0.2, 0.25) is 0 Å². The largest absolute Gasteiger partial charge is 0.483 e. The molecule has 2 atom stereocenters. The highest BCUT2D eigenvalue weighted by Gasteiger charge is 2.21. The SMILES string of the molecule is CCC(C)c1ccccc1OCC(=O)NCC1CN(CC(C)C)CCO1. The Bertz CT molecular complexity index is 562. The van der Waals surface area contributed by atoms with E-state index in [1.165, 1.54) is 0 Å². The van der Waals surface area contributed by atoms with Gasteiger partial charge in [-0.25, -0.2) is 0 Å². The first-order chi connectivity index (χ1) is 12.5. The van der Waals surface area contributed by atoms with Crippen molar-refractivity contribution < 1.29 is 14.3 Å². The van der Waals surface area contributed by atoms with E-state index in [1.807, 2.05) is 18.2 Å². The molecule has 1 amide bonds. The predicted octanol–water partition coefficient (Wildman–Crippen LogP) is 3.05. The maximum atomic E-state index is 12.2. The average molecular weight is 363 g/mol. The molecule has 1 aromatic rings. The summed E-state index contributed by atoms with van der Waals surface area (Å²) in [6.07, 6.45) is 1.09. The van der Waals surface area contributed by atoms with Gasteiger partial charge in [0.2, 0.25) is 0 Å². The zero-order chi connectivity index (χ0) is 18.9. The van der Waals surface area contributed by atoms with E-state index in [9.17, 15) is 4.79 Å². The second-order valence-electron chi connectivity index (χ2n) is 7.59. The lowest BCUT2D eigenvalue weighted by Gasteiger charge is -2.33. The number of ether oxygens (including phenoxy) is 2. The number of morpholine rings is 1. The first-order valence-electron chi connectivity index (χ1n) is 9.82. The summed E-state index contributed by atoms with van der Waals surface area (Å²) in [6.45, 7) is 13.0. The van der Waals surface area contributed by atoms with Gasteiger partial charge in [-0.1, -0.05) is 45.9 Å². The third-order valence-electron chi connectivity index (χ3n) is 4.79. The van der Waals surface area contributed by atoms with Gasteiger partial charge in [-0.2, -0.15) is 0 Å². The highest BCUT2D eigenvalue weighted by molar-refractivity contribution is 5.77. The number of hydrogen-bond donors (Lipinski definition) is 1. The van der Waals surface area contributed by atoms with Crippen LogP contribution in [0.25, 0.3) is 0 Å². The molecule has 0 radical (unpaired) electrons. The Balaban J connectivity index is 1.76. The molecule has 1 N–H and O–H groups in total. The third-order valence-corrected chi connectivity index (χ3v) is 4.79. The molecule has 1 aromatic carbocycles. The number of hydrogen-bond acceptors (Lipinski definition) is 4. The number of nitrogens with one attached hydrogen (secondary N) is 1. The summed E-state index contributed by atoms with van der Waals surface area (Å²) in [5.41, 5.74) is 1.16. The van der Waals surface area contributed by atoms with E-state index in [1.54, 1.807) is 0 Å². The van der Waals surface area contributed by atoms with E-state index in [-0.39, 0.29) is 18.6 Å². The molecule has 1 aliphatic rings. The molecule has 2 rings (SSSR count). The second-order valence-corrected chi connectivity index (χ2v) is 7.59. The summed E-state index contributed by atoms with van der Waals surface area (Å²) >= 11 is 0. The van der Waals surface area contributed by atoms with E-state index in [4.69, 9.17) is 9.47 Å². The highest BCUT2D eigenvalue weighted by Crippen LogP contribution is 2.28. The zero-order valence-electron chi connectivity index (χ0n) is 16.7. The summed E-state index contributed by atoms with van der Waals surface area (Å²) in [5.74, 6) is 1.75. The van der Waals surface area contributed by atoms with E-state index in [0.29, 0.717) is 18.4 Å². The minimum Gasteiger partial charge on any atom is -0.483 e. The molecular formula is C21H34N2O3. The summed E-state index contributed by atoms with van der Waals surface area (Å²) in [4.78, 5) is 14.6. The van der Waals surface area contributed by atoms with E-state index in [0.717, 1.165) is 44.0 Å². The van der Waals surface area contributed by atoms with E-state index in [2.05, 4.69) is 44.0 Å². The van der Waals surface area contributed by atoms with Gasteiger partial charge in [0.05, 0.1) is 12.7 Å². The molecule has 2 unspecified atom stereocenters. The third kappa shape index (κ3) is 6.61. The molecule has 5 nitrogen and oxygen atoms in total. The number of carbonyl (C=O) groups is 1. The Labute approximate surface area is 158 Å². The normalized spacial score (nSPS) is 19.3. The van der Waals surface area contributed by atoms with Crippen molar-refractivity contribution in [2.45, 2.75) is 46.1 Å². The molecule has 1 heterocycles. The number of benzene rings is 1. The Hall–Kier alpha value is -1.59. The summed E-state index contributed by atoms with van der Waals surface area (Å²) in [5, 5.41) is 2.94. The molecule has 0 aromatic heterocycles. The summed E-state index contributed by atoms with van der Waals surface area (Å²) in [7, 11) is 0. The second kappa shape index (κ2) is 10.5.